The molecule has 0 radical (unpaired) electrons. The topological polar surface area (TPSA) is 133 Å². The van der Waals surface area contributed by atoms with Crippen LogP contribution in [-0.2, 0) is 19.2 Å². The smallest absolute Gasteiger partial charge is 0.326 e. The molecule has 0 bridgehead atoms. The Bertz CT molecular complexity index is 594. The number of likely N-dealkylation sites (tertiary alicyclic amines) is 2. The second-order valence-corrected chi connectivity index (χ2v) is 7.67. The van der Waals surface area contributed by atoms with Gasteiger partial charge in [0, 0.05) is 13.1 Å². The highest BCUT2D eigenvalue weighted by Crippen LogP contribution is 2.26. The summed E-state index contributed by atoms with van der Waals surface area (Å²) in [7, 11) is 0. The van der Waals surface area contributed by atoms with Crippen LogP contribution in [0.15, 0.2) is 0 Å². The fraction of sp³-hybridized carbons (Fsp3) is 0.778. The van der Waals surface area contributed by atoms with Crippen molar-refractivity contribution in [2.45, 2.75) is 64.1 Å². The van der Waals surface area contributed by atoms with Gasteiger partial charge in [-0.25, -0.2) is 4.79 Å². The molecular weight excluding hydrogens is 352 g/mol. The number of carboxylic acids is 1. The first-order valence-electron chi connectivity index (χ1n) is 9.59. The van der Waals surface area contributed by atoms with E-state index in [4.69, 9.17) is 5.73 Å². The third-order valence-electron chi connectivity index (χ3n) is 5.17. The van der Waals surface area contributed by atoms with Crippen LogP contribution in [0, 0.1) is 5.92 Å². The van der Waals surface area contributed by atoms with Crippen molar-refractivity contribution in [3.8, 4) is 0 Å². The van der Waals surface area contributed by atoms with Crippen LogP contribution in [-0.4, -0.2) is 76.4 Å². The Morgan fingerprint density at radius 2 is 1.67 bits per heavy atom. The average Bonchev–Trinajstić information content (AvgIpc) is 3.28. The van der Waals surface area contributed by atoms with Crippen LogP contribution in [0.4, 0.5) is 0 Å². The molecule has 3 atom stereocenters. The van der Waals surface area contributed by atoms with Gasteiger partial charge >= 0.3 is 5.97 Å². The van der Waals surface area contributed by atoms with E-state index >= 15 is 0 Å². The van der Waals surface area contributed by atoms with Crippen molar-refractivity contribution in [3.63, 3.8) is 0 Å². The zero-order valence-corrected chi connectivity index (χ0v) is 16.0. The number of hydrogen-bond donors (Lipinski definition) is 3. The molecule has 3 unspecified atom stereocenters. The molecule has 9 heteroatoms. The van der Waals surface area contributed by atoms with Crippen molar-refractivity contribution in [2.24, 2.45) is 11.7 Å². The average molecular weight is 382 g/mol. The minimum atomic E-state index is -1.01. The van der Waals surface area contributed by atoms with Gasteiger partial charge in [0.2, 0.25) is 17.7 Å². The van der Waals surface area contributed by atoms with Crippen LogP contribution in [0.2, 0.25) is 0 Å². The number of nitrogens with one attached hydrogen (secondary N) is 1. The molecule has 152 valence electrons. The maximum absolute atomic E-state index is 13.1. The molecule has 0 aromatic rings. The number of rotatable bonds is 7. The van der Waals surface area contributed by atoms with E-state index in [0.717, 1.165) is 0 Å². The second kappa shape index (κ2) is 9.16. The van der Waals surface area contributed by atoms with Gasteiger partial charge in [0.15, 0.2) is 0 Å². The van der Waals surface area contributed by atoms with E-state index in [9.17, 15) is 24.3 Å². The van der Waals surface area contributed by atoms with E-state index in [2.05, 4.69) is 5.32 Å². The number of aliphatic carboxylic acids is 1. The Labute approximate surface area is 159 Å². The standard InChI is InChI=1S/C18H30N4O5/c1-11(2)9-12(20-15(23)10-19)16(24)21-7-3-5-13(21)17(25)22-8-4-6-14(22)18(26)27/h11-14H,3-10,19H2,1-2H3,(H,20,23)(H,26,27). The van der Waals surface area contributed by atoms with Crippen molar-refractivity contribution >= 4 is 23.7 Å². The fourth-order valence-corrected chi connectivity index (χ4v) is 3.91. The lowest BCUT2D eigenvalue weighted by molar-refractivity contribution is -0.152. The highest BCUT2D eigenvalue weighted by Gasteiger charge is 2.43. The number of nitrogens with zero attached hydrogens (tertiary/aromatic N) is 2. The van der Waals surface area contributed by atoms with Gasteiger partial charge < -0.3 is 26.0 Å². The van der Waals surface area contributed by atoms with Crippen LogP contribution in [0.3, 0.4) is 0 Å². The van der Waals surface area contributed by atoms with E-state index in [1.807, 2.05) is 13.8 Å². The van der Waals surface area contributed by atoms with Crippen LogP contribution in [0.5, 0.6) is 0 Å². The molecule has 0 aromatic heterocycles. The molecule has 2 rings (SSSR count). The summed E-state index contributed by atoms with van der Waals surface area (Å²) in [5, 5.41) is 12.0. The first-order chi connectivity index (χ1) is 12.8. The van der Waals surface area contributed by atoms with E-state index in [1.165, 1.54) is 9.80 Å². The van der Waals surface area contributed by atoms with Crippen LogP contribution in [0.25, 0.3) is 0 Å². The number of hydrogen-bond acceptors (Lipinski definition) is 5. The Balaban J connectivity index is 2.14. The normalized spacial score (nSPS) is 23.6. The van der Waals surface area contributed by atoms with Gasteiger partial charge in [-0.1, -0.05) is 13.8 Å². The molecule has 2 aliphatic heterocycles. The number of amides is 3. The molecule has 0 saturated carbocycles. The van der Waals surface area contributed by atoms with Crippen LogP contribution >= 0.6 is 0 Å². The maximum Gasteiger partial charge on any atom is 0.326 e. The van der Waals surface area contributed by atoms with Gasteiger partial charge in [0.1, 0.15) is 18.1 Å². The number of carboxylic acid groups (broad SMARTS) is 1. The maximum atomic E-state index is 13.1. The Kier molecular flexibility index (Phi) is 7.18. The third-order valence-corrected chi connectivity index (χ3v) is 5.17. The quantitative estimate of drug-likeness (QED) is 0.546. The highest BCUT2D eigenvalue weighted by atomic mass is 16.4. The van der Waals surface area contributed by atoms with Crippen molar-refractivity contribution < 1.29 is 24.3 Å². The number of nitrogens with two attached hydrogens (primary N) is 1. The summed E-state index contributed by atoms with van der Waals surface area (Å²) < 4.78 is 0. The van der Waals surface area contributed by atoms with Gasteiger partial charge in [-0.3, -0.25) is 14.4 Å². The van der Waals surface area contributed by atoms with Crippen molar-refractivity contribution in [3.05, 3.63) is 0 Å². The lowest BCUT2D eigenvalue weighted by Crippen LogP contribution is -2.56. The minimum absolute atomic E-state index is 0.170. The largest absolute Gasteiger partial charge is 0.480 e. The zero-order valence-electron chi connectivity index (χ0n) is 16.0. The Hall–Kier alpha value is -2.16. The van der Waals surface area contributed by atoms with Gasteiger partial charge in [-0.2, -0.15) is 0 Å². The molecule has 2 aliphatic rings. The molecule has 0 spiro atoms. The van der Waals surface area contributed by atoms with E-state index in [-0.39, 0.29) is 24.3 Å². The van der Waals surface area contributed by atoms with Gasteiger partial charge in [0.05, 0.1) is 6.54 Å². The summed E-state index contributed by atoms with van der Waals surface area (Å²) in [5.74, 6) is -1.86. The lowest BCUT2D eigenvalue weighted by atomic mass is 10.0. The summed E-state index contributed by atoms with van der Waals surface area (Å²) in [6.45, 7) is 4.51. The minimum Gasteiger partial charge on any atom is -0.480 e. The van der Waals surface area contributed by atoms with Crippen molar-refractivity contribution in [2.75, 3.05) is 19.6 Å². The van der Waals surface area contributed by atoms with Gasteiger partial charge in [0.25, 0.3) is 0 Å². The van der Waals surface area contributed by atoms with E-state index in [1.54, 1.807) is 0 Å². The molecular formula is C18H30N4O5. The number of carbonyl (C=O) groups is 4. The monoisotopic (exact) mass is 382 g/mol. The number of carbonyl (C=O) groups excluding carboxylic acids is 3. The molecule has 9 nitrogen and oxygen atoms in total. The fourth-order valence-electron chi connectivity index (χ4n) is 3.91. The molecule has 27 heavy (non-hydrogen) atoms. The Morgan fingerprint density at radius 3 is 2.22 bits per heavy atom. The van der Waals surface area contributed by atoms with E-state index < -0.39 is 30.0 Å². The summed E-state index contributed by atoms with van der Waals surface area (Å²) in [6, 6.07) is -2.22. The van der Waals surface area contributed by atoms with Gasteiger partial charge in [-0.05, 0) is 38.0 Å². The molecule has 0 aromatic carbocycles. The summed E-state index contributed by atoms with van der Waals surface area (Å²) >= 11 is 0. The predicted octanol–water partition coefficient (Wildman–Crippen LogP) is -0.457. The highest BCUT2D eigenvalue weighted by molar-refractivity contribution is 5.94. The lowest BCUT2D eigenvalue weighted by Gasteiger charge is -2.32. The molecule has 0 aliphatic carbocycles. The second-order valence-electron chi connectivity index (χ2n) is 7.67. The molecule has 2 fully saturated rings. The third kappa shape index (κ3) is 4.97. The van der Waals surface area contributed by atoms with E-state index in [0.29, 0.717) is 45.2 Å². The molecule has 2 heterocycles. The first-order valence-corrected chi connectivity index (χ1v) is 9.59. The predicted molar refractivity (Wildman–Crippen MR) is 97.5 cm³/mol. The molecule has 4 N–H and O–H groups in total. The first kappa shape index (κ1) is 21.1. The summed E-state index contributed by atoms with van der Waals surface area (Å²) in [6.07, 6.45) is 2.71. The van der Waals surface area contributed by atoms with Gasteiger partial charge in [-0.15, -0.1) is 0 Å². The molecule has 2 saturated heterocycles. The van der Waals surface area contributed by atoms with Crippen LogP contribution < -0.4 is 11.1 Å². The SMILES string of the molecule is CC(C)CC(NC(=O)CN)C(=O)N1CCCC1C(=O)N1CCCC1C(=O)O. The zero-order chi connectivity index (χ0) is 20.1. The van der Waals surface area contributed by atoms with Crippen LogP contribution in [0.1, 0.15) is 46.0 Å². The van der Waals surface area contributed by atoms with Crippen molar-refractivity contribution in [1.29, 1.82) is 0 Å². The molecule has 3 amide bonds. The summed E-state index contributed by atoms with van der Waals surface area (Å²) in [5.41, 5.74) is 5.35. The summed E-state index contributed by atoms with van der Waals surface area (Å²) in [4.78, 5) is 52.0. The van der Waals surface area contributed by atoms with Crippen molar-refractivity contribution in [1.82, 2.24) is 15.1 Å². The Morgan fingerprint density at radius 1 is 1.07 bits per heavy atom.